The number of carboxylic acids is 1. The minimum Gasteiger partial charge on any atom is -0.477 e. The Morgan fingerprint density at radius 3 is 2.54 bits per heavy atom. The number of hydrogen-bond donors (Lipinski definition) is 2. The van der Waals surface area contributed by atoms with Crippen LogP contribution < -0.4 is 15.8 Å². The molecule has 0 bridgehead atoms. The number of carbonyl (C=O) groups is 1. The predicted molar refractivity (Wildman–Crippen MR) is 133 cm³/mol. The molecule has 8 heteroatoms. The molecule has 0 spiro atoms. The van der Waals surface area contributed by atoms with Crippen molar-refractivity contribution in [3.8, 4) is 0 Å². The topological polar surface area (TPSA) is 77.3 Å². The lowest BCUT2D eigenvalue weighted by Crippen LogP contribution is -2.50. The van der Waals surface area contributed by atoms with Crippen LogP contribution in [0.5, 0.6) is 0 Å². The van der Waals surface area contributed by atoms with Crippen molar-refractivity contribution >= 4 is 17.2 Å². The van der Waals surface area contributed by atoms with E-state index in [2.05, 4.69) is 22.2 Å². The van der Waals surface area contributed by atoms with Gasteiger partial charge in [0.2, 0.25) is 0 Å². The zero-order valence-corrected chi connectivity index (χ0v) is 20.6. The molecule has 2 aliphatic heterocycles. The third kappa shape index (κ3) is 3.68. The summed E-state index contributed by atoms with van der Waals surface area (Å²) in [6.45, 7) is 5.67. The minimum atomic E-state index is -1.26. The average molecular weight is 483 g/mol. The molecule has 1 atom stereocenters. The van der Waals surface area contributed by atoms with Crippen molar-refractivity contribution < 1.29 is 14.3 Å². The van der Waals surface area contributed by atoms with Gasteiger partial charge < -0.3 is 15.3 Å². The van der Waals surface area contributed by atoms with Crippen molar-refractivity contribution in [2.75, 3.05) is 38.1 Å². The Bertz CT molecular complexity index is 1240. The van der Waals surface area contributed by atoms with Gasteiger partial charge in [-0.05, 0) is 101 Å². The Morgan fingerprint density at radius 1 is 1.20 bits per heavy atom. The van der Waals surface area contributed by atoms with E-state index in [-0.39, 0.29) is 17.0 Å². The van der Waals surface area contributed by atoms with Gasteiger partial charge in [0, 0.05) is 24.7 Å². The van der Waals surface area contributed by atoms with E-state index in [1.54, 1.807) is 0 Å². The highest BCUT2D eigenvalue weighted by molar-refractivity contribution is 5.89. The van der Waals surface area contributed by atoms with Crippen LogP contribution >= 0.6 is 0 Å². The molecule has 0 amide bonds. The molecule has 0 unspecified atom stereocenters. The van der Waals surface area contributed by atoms with E-state index in [0.29, 0.717) is 23.2 Å². The number of aromatic carboxylic acids is 1. The molecule has 2 N–H and O–H groups in total. The molecule has 35 heavy (non-hydrogen) atoms. The van der Waals surface area contributed by atoms with E-state index in [4.69, 9.17) is 0 Å². The number of nitrogens with zero attached hydrogens (tertiary/aromatic N) is 3. The number of fused-ring (bicyclic) bond motifs is 1. The fourth-order valence-corrected chi connectivity index (χ4v) is 7.03. The highest BCUT2D eigenvalue weighted by Crippen LogP contribution is 2.52. The third-order valence-electron chi connectivity index (χ3n) is 9.28. The zero-order chi connectivity index (χ0) is 24.5. The monoisotopic (exact) mass is 482 g/mol. The van der Waals surface area contributed by atoms with E-state index in [0.717, 1.165) is 56.6 Å². The molecular weight excluding hydrogens is 447 g/mol. The first-order chi connectivity index (χ1) is 16.8. The maximum absolute atomic E-state index is 15.6. The maximum atomic E-state index is 15.6. The highest BCUT2D eigenvalue weighted by atomic mass is 19.1. The van der Waals surface area contributed by atoms with Crippen molar-refractivity contribution in [3.63, 3.8) is 0 Å². The molecule has 2 saturated heterocycles. The van der Waals surface area contributed by atoms with Crippen molar-refractivity contribution in [1.82, 2.24) is 14.6 Å². The van der Waals surface area contributed by atoms with E-state index in [9.17, 15) is 14.7 Å². The molecule has 2 aromatic rings. The summed E-state index contributed by atoms with van der Waals surface area (Å²) in [5.41, 5.74) is 2.16. The van der Waals surface area contributed by atoms with Crippen LogP contribution in [0.25, 0.3) is 5.52 Å². The van der Waals surface area contributed by atoms with E-state index in [1.165, 1.54) is 42.3 Å². The van der Waals surface area contributed by atoms with Crippen LogP contribution in [0.4, 0.5) is 10.1 Å². The quantitative estimate of drug-likeness (QED) is 0.658. The lowest BCUT2D eigenvalue weighted by atomic mass is 9.91. The summed E-state index contributed by atoms with van der Waals surface area (Å²) in [5.74, 6) is -0.973. The number of rotatable bonds is 6. The van der Waals surface area contributed by atoms with Crippen LogP contribution in [0, 0.1) is 18.7 Å². The summed E-state index contributed by atoms with van der Waals surface area (Å²) in [6, 6.07) is 2.15. The summed E-state index contributed by atoms with van der Waals surface area (Å²) in [7, 11) is 2.29. The van der Waals surface area contributed by atoms with Crippen LogP contribution in [-0.4, -0.2) is 65.2 Å². The first-order valence-corrected chi connectivity index (χ1v) is 13.1. The van der Waals surface area contributed by atoms with Gasteiger partial charge in [-0.25, -0.2) is 9.18 Å². The Balaban J connectivity index is 1.35. The van der Waals surface area contributed by atoms with Gasteiger partial charge in [0.1, 0.15) is 5.56 Å². The van der Waals surface area contributed by atoms with Gasteiger partial charge in [0.05, 0.1) is 17.4 Å². The molecule has 2 aromatic heterocycles. The summed E-state index contributed by atoms with van der Waals surface area (Å²) in [6.07, 6.45) is 9.00. The van der Waals surface area contributed by atoms with Gasteiger partial charge in [0.15, 0.2) is 5.82 Å². The Labute approximate surface area is 204 Å². The lowest BCUT2D eigenvalue weighted by Gasteiger charge is -2.41. The van der Waals surface area contributed by atoms with Crippen molar-refractivity contribution in [1.29, 1.82) is 0 Å². The minimum absolute atomic E-state index is 0.227. The number of halogens is 1. The van der Waals surface area contributed by atoms with Gasteiger partial charge in [0.25, 0.3) is 5.56 Å². The van der Waals surface area contributed by atoms with Crippen LogP contribution in [0.2, 0.25) is 0 Å². The summed E-state index contributed by atoms with van der Waals surface area (Å²) in [5, 5.41) is 13.0. The number of aromatic nitrogens is 1. The van der Waals surface area contributed by atoms with Crippen molar-refractivity contribution in [2.24, 2.45) is 5.92 Å². The fraction of sp³-hybridized carbons (Fsp3) is 0.630. The molecule has 2 saturated carbocycles. The number of pyridine rings is 2. The van der Waals surface area contributed by atoms with Gasteiger partial charge in [-0.3, -0.25) is 14.1 Å². The van der Waals surface area contributed by atoms with E-state index >= 15 is 4.39 Å². The lowest BCUT2D eigenvalue weighted by molar-refractivity contribution is 0.0694. The Hall–Kier alpha value is -2.45. The van der Waals surface area contributed by atoms with Crippen LogP contribution in [0.15, 0.2) is 17.1 Å². The molecule has 2 aliphatic carbocycles. The maximum Gasteiger partial charge on any atom is 0.341 e. The number of carboxylic acid groups (broad SMARTS) is 1. The summed E-state index contributed by atoms with van der Waals surface area (Å²) in [4.78, 5) is 29.4. The average Bonchev–Trinajstić information content (AvgIpc) is 3.78. The van der Waals surface area contributed by atoms with Gasteiger partial charge in [-0.1, -0.05) is 0 Å². The second-order valence-corrected chi connectivity index (χ2v) is 11.2. The Morgan fingerprint density at radius 2 is 1.91 bits per heavy atom. The molecular formula is C27H35FN4O3. The number of nitrogens with one attached hydrogen (secondary N) is 1. The number of aryl methyl sites for hydroxylation is 1. The van der Waals surface area contributed by atoms with Crippen LogP contribution in [0.3, 0.4) is 0 Å². The number of anilines is 1. The molecule has 6 rings (SSSR count). The second-order valence-electron chi connectivity index (χ2n) is 11.2. The van der Waals surface area contributed by atoms with Gasteiger partial charge in [-0.2, -0.15) is 0 Å². The fourth-order valence-electron chi connectivity index (χ4n) is 7.03. The zero-order valence-electron chi connectivity index (χ0n) is 20.6. The molecule has 7 nitrogen and oxygen atoms in total. The number of piperidine rings is 1. The van der Waals surface area contributed by atoms with Crippen LogP contribution in [-0.2, 0) is 0 Å². The first kappa shape index (κ1) is 23.0. The number of hydrogen-bond acceptors (Lipinski definition) is 5. The van der Waals surface area contributed by atoms with E-state index < -0.39 is 17.3 Å². The van der Waals surface area contributed by atoms with Gasteiger partial charge >= 0.3 is 5.97 Å². The van der Waals surface area contributed by atoms with Crippen LogP contribution in [0.1, 0.15) is 72.3 Å². The first-order valence-electron chi connectivity index (χ1n) is 13.1. The molecule has 4 fully saturated rings. The Kier molecular flexibility index (Phi) is 5.45. The molecule has 4 heterocycles. The van der Waals surface area contributed by atoms with Crippen molar-refractivity contribution in [3.05, 3.63) is 45.1 Å². The molecule has 0 aromatic carbocycles. The second kappa shape index (κ2) is 8.30. The summed E-state index contributed by atoms with van der Waals surface area (Å²) >= 11 is 0. The smallest absolute Gasteiger partial charge is 0.341 e. The molecule has 0 radical (unpaired) electrons. The summed E-state index contributed by atoms with van der Waals surface area (Å²) < 4.78 is 16.9. The standard InChI is InChI=1S/C27H35FN4O3/c1-16-23-20(17-3-4-17)13-21(26(34)35)25(33)32(23)15-22(28)24(16)31-12-7-18(14-31)27(8-9-27)30(2)19-5-10-29-11-6-19/h13,15,17-19,29H,3-12,14H2,1-2H3,(H,34,35)/t18-/m1/s1. The molecule has 188 valence electrons. The van der Waals surface area contributed by atoms with Crippen molar-refractivity contribution in [2.45, 2.75) is 69.4 Å². The molecule has 4 aliphatic rings. The normalized spacial score (nSPS) is 24.5. The van der Waals surface area contributed by atoms with E-state index in [1.807, 2.05) is 6.92 Å². The van der Waals surface area contributed by atoms with Gasteiger partial charge in [-0.15, -0.1) is 0 Å². The SMILES string of the molecule is Cc1c(N2CC[C@@H](C3(N(C)C4CCNCC4)CC3)C2)c(F)cn2c(=O)c(C(=O)O)cc(C3CC3)c12. The largest absolute Gasteiger partial charge is 0.477 e. The third-order valence-corrected chi connectivity index (χ3v) is 9.28. The highest BCUT2D eigenvalue weighted by Gasteiger charge is 2.55. The predicted octanol–water partition coefficient (Wildman–Crippen LogP) is 3.37.